The number of benzene rings is 3. The average Bonchev–Trinajstić information content (AvgIpc) is 3.34. The van der Waals surface area contributed by atoms with Crippen LogP contribution in [0.25, 0.3) is 11.3 Å². The highest BCUT2D eigenvalue weighted by atomic mass is 35.5. The summed E-state index contributed by atoms with van der Waals surface area (Å²) in [6.45, 7) is 2.00. The quantitative estimate of drug-likeness (QED) is 0.222. The highest BCUT2D eigenvalue weighted by Gasteiger charge is 2.23. The van der Waals surface area contributed by atoms with E-state index in [1.54, 1.807) is 55.5 Å². The zero-order chi connectivity index (χ0) is 27.8. The van der Waals surface area contributed by atoms with E-state index in [1.165, 1.54) is 0 Å². The van der Waals surface area contributed by atoms with Crippen LogP contribution in [0.3, 0.4) is 0 Å². The van der Waals surface area contributed by atoms with E-state index in [0.29, 0.717) is 29.1 Å². The second-order valence-electron chi connectivity index (χ2n) is 8.70. The first-order chi connectivity index (χ1) is 18.9. The van der Waals surface area contributed by atoms with E-state index in [1.807, 2.05) is 36.4 Å². The zero-order valence-corrected chi connectivity index (χ0v) is 21.7. The molecule has 0 spiro atoms. The fourth-order valence-electron chi connectivity index (χ4n) is 3.95. The Balaban J connectivity index is 1.43. The Morgan fingerprint density at radius 1 is 1.05 bits per heavy atom. The van der Waals surface area contributed by atoms with E-state index in [-0.39, 0.29) is 17.1 Å². The number of nitrogens with zero attached hydrogens (tertiary/aromatic N) is 2. The van der Waals surface area contributed by atoms with Gasteiger partial charge in [0.15, 0.2) is 5.76 Å². The van der Waals surface area contributed by atoms with Gasteiger partial charge < -0.3 is 19.7 Å². The van der Waals surface area contributed by atoms with Gasteiger partial charge in [-0.15, -0.1) is 0 Å². The number of nitrogens with one attached hydrogen (secondary N) is 2. The van der Waals surface area contributed by atoms with Crippen LogP contribution in [0.1, 0.15) is 35.4 Å². The molecule has 1 aromatic heterocycles. The van der Waals surface area contributed by atoms with E-state index < -0.39 is 24.2 Å². The molecule has 1 heterocycles. The predicted molar refractivity (Wildman–Crippen MR) is 145 cm³/mol. The number of hydrogen-bond acceptors (Lipinski definition) is 7. The van der Waals surface area contributed by atoms with Crippen molar-refractivity contribution in [2.45, 2.75) is 32.0 Å². The monoisotopic (exact) mass is 544 g/mol. The number of nitriles is 1. The average molecular weight is 545 g/mol. The maximum absolute atomic E-state index is 12.6. The lowest BCUT2D eigenvalue weighted by molar-refractivity contribution is -0.139. The van der Waals surface area contributed by atoms with Crippen molar-refractivity contribution in [3.05, 3.63) is 106 Å². The van der Waals surface area contributed by atoms with E-state index in [2.05, 4.69) is 15.8 Å². The molecule has 0 aliphatic rings. The van der Waals surface area contributed by atoms with Crippen molar-refractivity contribution < 1.29 is 24.0 Å². The molecule has 0 saturated heterocycles. The standard InChI is InChI=1S/C29H25ClN4O5/c1-18(22-9-5-6-10-23(22)30)38-29(37)33-26-25(16-31)34-39-27(26)21-13-11-20(12-14-21)17-32-24(28(35)36)15-19-7-3-2-4-8-19/h2-14,18,24,32H,15,17H2,1H3,(H,33,37)(H,35,36). The summed E-state index contributed by atoms with van der Waals surface area (Å²) in [6.07, 6.45) is -1.10. The molecule has 9 nitrogen and oxygen atoms in total. The van der Waals surface area contributed by atoms with E-state index >= 15 is 0 Å². The third-order valence-electron chi connectivity index (χ3n) is 6.00. The molecule has 0 bridgehead atoms. The van der Waals surface area contributed by atoms with Crippen LogP contribution in [0.4, 0.5) is 10.5 Å². The fourth-order valence-corrected chi connectivity index (χ4v) is 4.24. The van der Waals surface area contributed by atoms with E-state index in [9.17, 15) is 20.0 Å². The molecular formula is C29H25ClN4O5. The lowest BCUT2D eigenvalue weighted by Crippen LogP contribution is -2.38. The highest BCUT2D eigenvalue weighted by Crippen LogP contribution is 2.32. The van der Waals surface area contributed by atoms with Gasteiger partial charge in [0.1, 0.15) is 23.9 Å². The van der Waals surface area contributed by atoms with Gasteiger partial charge >= 0.3 is 12.1 Å². The number of halogens is 1. The largest absolute Gasteiger partial charge is 0.480 e. The van der Waals surface area contributed by atoms with Crippen LogP contribution < -0.4 is 10.6 Å². The molecule has 3 aromatic carbocycles. The summed E-state index contributed by atoms with van der Waals surface area (Å²) in [5, 5.41) is 28.9. The second-order valence-corrected chi connectivity index (χ2v) is 9.11. The number of carboxylic acids is 1. The number of aliphatic carboxylic acids is 1. The number of carbonyl (C=O) groups excluding carboxylic acids is 1. The minimum absolute atomic E-state index is 0.0773. The third-order valence-corrected chi connectivity index (χ3v) is 6.35. The molecule has 2 atom stereocenters. The number of carbonyl (C=O) groups is 2. The number of aromatic nitrogens is 1. The molecule has 2 unspecified atom stereocenters. The Labute approximate surface area is 230 Å². The van der Waals surface area contributed by atoms with Crippen molar-refractivity contribution in [1.82, 2.24) is 10.5 Å². The van der Waals surface area contributed by atoms with Gasteiger partial charge in [0.25, 0.3) is 0 Å². The number of amides is 1. The maximum atomic E-state index is 12.6. The Morgan fingerprint density at radius 2 is 1.74 bits per heavy atom. The molecule has 0 aliphatic carbocycles. The molecule has 0 saturated carbocycles. The van der Waals surface area contributed by atoms with Crippen LogP contribution in [0, 0.1) is 11.3 Å². The van der Waals surface area contributed by atoms with Gasteiger partial charge in [-0.1, -0.05) is 89.6 Å². The Hall–Kier alpha value is -4.65. The lowest BCUT2D eigenvalue weighted by Gasteiger charge is -2.15. The molecule has 3 N–H and O–H groups in total. The Kier molecular flexibility index (Phi) is 8.94. The molecule has 39 heavy (non-hydrogen) atoms. The summed E-state index contributed by atoms with van der Waals surface area (Å²) in [5.74, 6) is -0.756. The van der Waals surface area contributed by atoms with Gasteiger partial charge in [-0.25, -0.2) is 4.79 Å². The summed E-state index contributed by atoms with van der Waals surface area (Å²) in [5.41, 5.74) is 2.92. The maximum Gasteiger partial charge on any atom is 0.412 e. The minimum Gasteiger partial charge on any atom is -0.480 e. The predicted octanol–water partition coefficient (Wildman–Crippen LogP) is 5.96. The van der Waals surface area contributed by atoms with Crippen LogP contribution in [0.15, 0.2) is 83.4 Å². The van der Waals surface area contributed by atoms with Gasteiger partial charge in [-0.3, -0.25) is 10.1 Å². The second kappa shape index (κ2) is 12.7. The van der Waals surface area contributed by atoms with Crippen molar-refractivity contribution in [2.24, 2.45) is 0 Å². The summed E-state index contributed by atoms with van der Waals surface area (Å²) in [6, 6.07) is 24.6. The lowest BCUT2D eigenvalue weighted by atomic mass is 10.0. The molecule has 0 radical (unpaired) electrons. The van der Waals surface area contributed by atoms with Crippen molar-refractivity contribution in [2.75, 3.05) is 5.32 Å². The van der Waals surface area contributed by atoms with Crippen LogP contribution in [-0.2, 0) is 22.5 Å². The van der Waals surface area contributed by atoms with Gasteiger partial charge in [0.2, 0.25) is 5.69 Å². The van der Waals surface area contributed by atoms with Gasteiger partial charge in [-0.2, -0.15) is 5.26 Å². The number of anilines is 1. The van der Waals surface area contributed by atoms with Crippen molar-refractivity contribution >= 4 is 29.4 Å². The molecule has 0 aliphatic heterocycles. The number of carboxylic acid groups (broad SMARTS) is 1. The normalized spacial score (nSPS) is 12.2. The molecule has 1 amide bonds. The van der Waals surface area contributed by atoms with Gasteiger partial charge in [0.05, 0.1) is 0 Å². The van der Waals surface area contributed by atoms with Crippen molar-refractivity contribution in [3.8, 4) is 17.4 Å². The molecule has 4 rings (SSSR count). The van der Waals surface area contributed by atoms with E-state index in [0.717, 1.165) is 11.1 Å². The van der Waals surface area contributed by atoms with Crippen molar-refractivity contribution in [3.63, 3.8) is 0 Å². The molecule has 10 heteroatoms. The Bertz CT molecular complexity index is 1480. The summed E-state index contributed by atoms with van der Waals surface area (Å²) in [4.78, 5) is 24.4. The summed E-state index contributed by atoms with van der Waals surface area (Å²) in [7, 11) is 0. The van der Waals surface area contributed by atoms with Crippen molar-refractivity contribution in [1.29, 1.82) is 5.26 Å². The van der Waals surface area contributed by atoms with Crippen LogP contribution in [-0.4, -0.2) is 28.4 Å². The molecule has 4 aromatic rings. The summed E-state index contributed by atoms with van der Waals surface area (Å²) >= 11 is 6.19. The first-order valence-corrected chi connectivity index (χ1v) is 12.4. The molecular weight excluding hydrogens is 520 g/mol. The fraction of sp³-hybridized carbons (Fsp3) is 0.172. The first-order valence-electron chi connectivity index (χ1n) is 12.1. The number of ether oxygens (including phenoxy) is 1. The summed E-state index contributed by atoms with van der Waals surface area (Å²) < 4.78 is 10.8. The van der Waals surface area contributed by atoms with Crippen LogP contribution in [0.2, 0.25) is 5.02 Å². The van der Waals surface area contributed by atoms with Gasteiger partial charge in [0, 0.05) is 22.7 Å². The van der Waals surface area contributed by atoms with E-state index in [4.69, 9.17) is 20.9 Å². The molecule has 198 valence electrons. The van der Waals surface area contributed by atoms with Crippen LogP contribution >= 0.6 is 11.6 Å². The third kappa shape index (κ3) is 7.02. The number of rotatable bonds is 10. The number of hydrogen-bond donors (Lipinski definition) is 3. The Morgan fingerprint density at radius 3 is 2.41 bits per heavy atom. The smallest absolute Gasteiger partial charge is 0.412 e. The minimum atomic E-state index is -0.937. The van der Waals surface area contributed by atoms with Gasteiger partial charge in [-0.05, 0) is 30.5 Å². The SMILES string of the molecule is CC(OC(=O)Nc1c(C#N)noc1-c1ccc(CNC(Cc2ccccc2)C(=O)O)cc1)c1ccccc1Cl. The first kappa shape index (κ1) is 27.4. The zero-order valence-electron chi connectivity index (χ0n) is 20.9. The highest BCUT2D eigenvalue weighted by molar-refractivity contribution is 6.31. The van der Waals surface area contributed by atoms with Crippen LogP contribution in [0.5, 0.6) is 0 Å². The molecule has 0 fully saturated rings. The topological polar surface area (TPSA) is 137 Å².